The zero-order valence-electron chi connectivity index (χ0n) is 25.6. The number of carbonyl (C=O) groups is 2. The van der Waals surface area contributed by atoms with Crippen LogP contribution in [-0.4, -0.2) is 58.5 Å². The predicted molar refractivity (Wildman–Crippen MR) is 174 cm³/mol. The van der Waals surface area contributed by atoms with Crippen LogP contribution in [0.15, 0.2) is 65.6 Å². The van der Waals surface area contributed by atoms with E-state index in [4.69, 9.17) is 32.7 Å². The minimum atomic E-state index is -4.30. The summed E-state index contributed by atoms with van der Waals surface area (Å²) in [4.78, 5) is 28.9. The molecule has 0 radical (unpaired) electrons. The van der Waals surface area contributed by atoms with Crippen LogP contribution in [0.5, 0.6) is 11.5 Å². The second kappa shape index (κ2) is 16.0. The van der Waals surface area contributed by atoms with Gasteiger partial charge in [-0.3, -0.25) is 13.9 Å². The molecule has 0 heterocycles. The van der Waals surface area contributed by atoms with Crippen molar-refractivity contribution in [2.24, 2.45) is 0 Å². The van der Waals surface area contributed by atoms with Gasteiger partial charge in [0.1, 0.15) is 12.6 Å². The predicted octanol–water partition coefficient (Wildman–Crippen LogP) is 6.24. The van der Waals surface area contributed by atoms with E-state index in [0.29, 0.717) is 34.3 Å². The highest BCUT2D eigenvalue weighted by atomic mass is 35.5. The first-order chi connectivity index (χ1) is 21.0. The minimum absolute atomic E-state index is 0.0350. The monoisotopic (exact) mass is 663 g/mol. The highest BCUT2D eigenvalue weighted by molar-refractivity contribution is 7.92. The Hall–Kier alpha value is -3.47. The normalized spacial score (nSPS) is 11.9. The van der Waals surface area contributed by atoms with Crippen molar-refractivity contribution in [2.75, 3.05) is 31.6 Å². The van der Waals surface area contributed by atoms with Crippen molar-refractivity contribution in [3.63, 3.8) is 0 Å². The van der Waals surface area contributed by atoms with Gasteiger partial charge in [0.2, 0.25) is 11.8 Å². The first-order valence-electron chi connectivity index (χ1n) is 14.3. The summed E-state index contributed by atoms with van der Waals surface area (Å²) >= 11 is 12.6. The maximum atomic E-state index is 14.2. The Morgan fingerprint density at radius 3 is 2.20 bits per heavy atom. The van der Waals surface area contributed by atoms with Gasteiger partial charge >= 0.3 is 0 Å². The second-order valence-corrected chi connectivity index (χ2v) is 12.9. The van der Waals surface area contributed by atoms with Crippen molar-refractivity contribution in [1.29, 1.82) is 0 Å². The second-order valence-electron chi connectivity index (χ2n) is 10.2. The maximum Gasteiger partial charge on any atom is 0.264 e. The molecule has 0 aliphatic rings. The van der Waals surface area contributed by atoms with Crippen LogP contribution in [0.25, 0.3) is 0 Å². The summed E-state index contributed by atoms with van der Waals surface area (Å²) in [6.07, 6.45) is 1.96. The van der Waals surface area contributed by atoms with Crippen LogP contribution in [0.2, 0.25) is 10.0 Å². The van der Waals surface area contributed by atoms with Crippen molar-refractivity contribution in [2.45, 2.75) is 57.5 Å². The molecule has 0 bridgehead atoms. The van der Waals surface area contributed by atoms with Gasteiger partial charge in [0.15, 0.2) is 11.5 Å². The van der Waals surface area contributed by atoms with Gasteiger partial charge in [0.25, 0.3) is 10.0 Å². The molecule has 0 spiro atoms. The van der Waals surface area contributed by atoms with Crippen molar-refractivity contribution in [1.82, 2.24) is 10.2 Å². The summed E-state index contributed by atoms with van der Waals surface area (Å²) in [5, 5.41) is 3.65. The lowest BCUT2D eigenvalue weighted by molar-refractivity contribution is -0.140. The van der Waals surface area contributed by atoms with Gasteiger partial charge in [0.05, 0.1) is 24.8 Å². The SMILES string of the molecule is CCCCNC(=O)[C@@H](CC)N(Cc1ccc(Cl)cc1Cl)C(=O)CN(c1ccc(C)cc1)S(=O)(=O)c1ccc(OC)c(OC)c1. The molecule has 0 fully saturated rings. The fraction of sp³-hybridized carbons (Fsp3) is 0.375. The third-order valence-corrected chi connectivity index (χ3v) is 9.47. The minimum Gasteiger partial charge on any atom is -0.493 e. The van der Waals surface area contributed by atoms with E-state index in [1.807, 2.05) is 13.8 Å². The Bertz CT molecular complexity index is 1550. The highest BCUT2D eigenvalue weighted by Gasteiger charge is 2.34. The molecule has 0 saturated heterocycles. The van der Waals surface area contributed by atoms with Crippen molar-refractivity contribution in [3.05, 3.63) is 81.8 Å². The number of halogens is 2. The van der Waals surface area contributed by atoms with Gasteiger partial charge in [-0.2, -0.15) is 0 Å². The van der Waals surface area contributed by atoms with Crippen LogP contribution in [0.1, 0.15) is 44.2 Å². The standard InChI is InChI=1S/C32H39Cl2N3O6S/c1-6-8-17-35-32(39)28(7-2)36(20-23-11-12-24(33)18-27(23)34)31(38)21-37(25-13-9-22(3)10-14-25)44(40,41)26-15-16-29(42-4)30(19-26)43-5/h9-16,18-19,28H,6-8,17,20-21H2,1-5H3,(H,35,39)/t28-/m1/s1. The molecule has 3 rings (SSSR count). The smallest absolute Gasteiger partial charge is 0.264 e. The fourth-order valence-electron chi connectivity index (χ4n) is 4.60. The summed E-state index contributed by atoms with van der Waals surface area (Å²) in [6.45, 7) is 5.53. The number of carbonyl (C=O) groups excluding carboxylic acids is 2. The van der Waals surface area contributed by atoms with Crippen LogP contribution >= 0.6 is 23.2 Å². The van der Waals surface area contributed by atoms with E-state index in [-0.39, 0.29) is 28.8 Å². The number of amides is 2. The molecule has 238 valence electrons. The highest BCUT2D eigenvalue weighted by Crippen LogP contribution is 2.33. The van der Waals surface area contributed by atoms with E-state index < -0.39 is 28.5 Å². The van der Waals surface area contributed by atoms with E-state index in [2.05, 4.69) is 5.32 Å². The Balaban J connectivity index is 2.09. The van der Waals surface area contributed by atoms with Crippen molar-refractivity contribution >= 4 is 50.7 Å². The molecule has 0 aliphatic heterocycles. The quantitative estimate of drug-likeness (QED) is 0.193. The maximum absolute atomic E-state index is 14.2. The van der Waals surface area contributed by atoms with Gasteiger partial charge < -0.3 is 19.7 Å². The lowest BCUT2D eigenvalue weighted by Crippen LogP contribution is -2.52. The Morgan fingerprint density at radius 1 is 0.932 bits per heavy atom. The van der Waals surface area contributed by atoms with Gasteiger partial charge in [0, 0.05) is 29.2 Å². The molecule has 3 aromatic rings. The molecular weight excluding hydrogens is 625 g/mol. The molecule has 0 aliphatic carbocycles. The van der Waals surface area contributed by atoms with Crippen molar-refractivity contribution in [3.8, 4) is 11.5 Å². The third-order valence-electron chi connectivity index (χ3n) is 7.12. The van der Waals surface area contributed by atoms with E-state index in [9.17, 15) is 18.0 Å². The van der Waals surface area contributed by atoms with Crippen LogP contribution in [0.3, 0.4) is 0 Å². The number of sulfonamides is 1. The molecular formula is C32H39Cl2N3O6S. The van der Waals surface area contributed by atoms with Crippen LogP contribution in [-0.2, 0) is 26.2 Å². The summed E-state index contributed by atoms with van der Waals surface area (Å²) in [6, 6.07) is 15.0. The topological polar surface area (TPSA) is 105 Å². The summed E-state index contributed by atoms with van der Waals surface area (Å²) in [7, 11) is -1.44. The molecule has 0 saturated carbocycles. The number of unbranched alkanes of at least 4 members (excludes halogenated alkanes) is 1. The van der Waals surface area contributed by atoms with Crippen molar-refractivity contribution < 1.29 is 27.5 Å². The van der Waals surface area contributed by atoms with E-state index >= 15 is 0 Å². The Morgan fingerprint density at radius 2 is 1.61 bits per heavy atom. The van der Waals surface area contributed by atoms with Gasteiger partial charge in [-0.05, 0) is 61.7 Å². The summed E-state index contributed by atoms with van der Waals surface area (Å²) in [5.74, 6) is -0.338. The number of nitrogens with zero attached hydrogens (tertiary/aromatic N) is 2. The molecule has 12 heteroatoms. The zero-order valence-corrected chi connectivity index (χ0v) is 27.9. The number of benzene rings is 3. The van der Waals surface area contributed by atoms with Gasteiger partial charge in [-0.15, -0.1) is 0 Å². The molecule has 44 heavy (non-hydrogen) atoms. The van der Waals surface area contributed by atoms with E-state index in [1.54, 1.807) is 49.4 Å². The van der Waals surface area contributed by atoms with E-state index in [1.165, 1.54) is 37.3 Å². The fourth-order valence-corrected chi connectivity index (χ4v) is 6.50. The lowest BCUT2D eigenvalue weighted by atomic mass is 10.1. The molecule has 1 atom stereocenters. The molecule has 0 unspecified atom stereocenters. The Labute approximate surface area is 270 Å². The van der Waals surface area contributed by atoms with E-state index in [0.717, 1.165) is 22.7 Å². The summed E-state index contributed by atoms with van der Waals surface area (Å²) < 4.78 is 40.0. The van der Waals surface area contributed by atoms with Crippen LogP contribution in [0.4, 0.5) is 5.69 Å². The Kier molecular flexibility index (Phi) is 12.7. The van der Waals surface area contributed by atoms with Crippen LogP contribution < -0.4 is 19.1 Å². The molecule has 0 aromatic heterocycles. The molecule has 9 nitrogen and oxygen atoms in total. The number of anilines is 1. The number of methoxy groups -OCH3 is 2. The summed E-state index contributed by atoms with van der Waals surface area (Å²) in [5.41, 5.74) is 1.76. The number of ether oxygens (including phenoxy) is 2. The number of rotatable bonds is 15. The average Bonchev–Trinajstić information content (AvgIpc) is 3.00. The van der Waals surface area contributed by atoms with Gasteiger partial charge in [-0.25, -0.2) is 8.42 Å². The molecule has 2 amide bonds. The number of nitrogens with one attached hydrogen (secondary N) is 1. The number of hydrogen-bond acceptors (Lipinski definition) is 6. The zero-order chi connectivity index (χ0) is 32.4. The average molecular weight is 665 g/mol. The lowest BCUT2D eigenvalue weighted by Gasteiger charge is -2.33. The number of aryl methyl sites for hydroxylation is 1. The van der Waals surface area contributed by atoms with Crippen LogP contribution in [0, 0.1) is 6.92 Å². The molecule has 1 N–H and O–H groups in total. The first-order valence-corrected chi connectivity index (χ1v) is 16.5. The number of hydrogen-bond donors (Lipinski definition) is 1. The molecule has 3 aromatic carbocycles. The van der Waals surface area contributed by atoms with Gasteiger partial charge in [-0.1, -0.05) is 67.2 Å². The first kappa shape index (κ1) is 35.0. The third kappa shape index (κ3) is 8.58. The largest absolute Gasteiger partial charge is 0.493 e.